The molecule has 164 valence electrons. The maximum absolute atomic E-state index is 4.71. The van der Waals surface area contributed by atoms with Crippen molar-refractivity contribution in [2.24, 2.45) is 0 Å². The van der Waals surface area contributed by atoms with Gasteiger partial charge >= 0.3 is 0 Å². The van der Waals surface area contributed by atoms with Crippen LogP contribution in [0.1, 0.15) is 5.56 Å². The van der Waals surface area contributed by atoms with Gasteiger partial charge in [0, 0.05) is 5.56 Å². The molecule has 0 saturated heterocycles. The number of hydrogen-bond donors (Lipinski definition) is 0. The van der Waals surface area contributed by atoms with Crippen LogP contribution in [0, 0.1) is 6.92 Å². The molecule has 0 aliphatic carbocycles. The van der Waals surface area contributed by atoms with Crippen LogP contribution in [-0.2, 0) is 0 Å². The number of fused-ring (bicyclic) bond motifs is 3. The second kappa shape index (κ2) is 9.11. The molecule has 0 fully saturated rings. The third kappa shape index (κ3) is 4.14. The molecule has 0 N–H and O–H groups in total. The Morgan fingerprint density at radius 3 is 2.24 bits per heavy atom. The van der Waals surface area contributed by atoms with E-state index >= 15 is 0 Å². The van der Waals surface area contributed by atoms with Crippen molar-refractivity contribution in [1.29, 1.82) is 0 Å². The zero-order chi connectivity index (χ0) is 22.9. The SMILES string of the molecule is Cc1cccc2sc(-c3cccs3)nc12.c1ccc2cc(-c3nc4ccccc4s3)ccc2c1. The molecule has 7 aromatic rings. The van der Waals surface area contributed by atoms with Crippen molar-refractivity contribution in [3.8, 4) is 20.5 Å². The summed E-state index contributed by atoms with van der Waals surface area (Å²) >= 11 is 5.26. The van der Waals surface area contributed by atoms with Gasteiger partial charge in [0.1, 0.15) is 10.0 Å². The number of thiazole rings is 2. The van der Waals surface area contributed by atoms with E-state index in [0.29, 0.717) is 0 Å². The van der Waals surface area contributed by atoms with E-state index in [-0.39, 0.29) is 0 Å². The Morgan fingerprint density at radius 2 is 1.41 bits per heavy atom. The van der Waals surface area contributed by atoms with Gasteiger partial charge in [-0.05, 0) is 59.0 Å². The van der Waals surface area contributed by atoms with Crippen LogP contribution >= 0.6 is 34.0 Å². The highest BCUT2D eigenvalue weighted by atomic mass is 32.1. The van der Waals surface area contributed by atoms with Crippen LogP contribution in [-0.4, -0.2) is 9.97 Å². The highest BCUT2D eigenvalue weighted by molar-refractivity contribution is 7.25. The standard InChI is InChI=1S/C17H11NS.C12H9NS2/c1-2-6-13-11-14(10-9-12(13)5-1)17-18-15-7-3-4-8-16(15)19-17;1-8-4-2-5-9-11(8)13-12(15-9)10-6-3-7-14-10/h1-11H;2-7H,1H3. The summed E-state index contributed by atoms with van der Waals surface area (Å²) in [7, 11) is 0. The van der Waals surface area contributed by atoms with Gasteiger partial charge in [-0.3, -0.25) is 0 Å². The second-order valence-electron chi connectivity index (χ2n) is 7.97. The fraction of sp³-hybridized carbons (Fsp3) is 0.0345. The van der Waals surface area contributed by atoms with E-state index < -0.39 is 0 Å². The molecule has 0 atom stereocenters. The van der Waals surface area contributed by atoms with E-state index in [4.69, 9.17) is 4.98 Å². The number of para-hydroxylation sites is 2. The third-order valence-corrected chi connectivity index (χ3v) is 8.79. The smallest absolute Gasteiger partial charge is 0.134 e. The fourth-order valence-electron chi connectivity index (χ4n) is 3.91. The molecule has 3 heterocycles. The summed E-state index contributed by atoms with van der Waals surface area (Å²) in [5.41, 5.74) is 4.67. The minimum atomic E-state index is 1.08. The van der Waals surface area contributed by atoms with Crippen LogP contribution < -0.4 is 0 Å². The van der Waals surface area contributed by atoms with E-state index in [0.717, 1.165) is 21.0 Å². The number of aryl methyl sites for hydroxylation is 1. The first-order valence-electron chi connectivity index (χ1n) is 11.0. The number of aromatic nitrogens is 2. The molecule has 0 spiro atoms. The highest BCUT2D eigenvalue weighted by Gasteiger charge is 2.08. The molecule has 0 aliphatic rings. The van der Waals surface area contributed by atoms with Crippen molar-refractivity contribution in [1.82, 2.24) is 9.97 Å². The van der Waals surface area contributed by atoms with Crippen LogP contribution in [0.4, 0.5) is 0 Å². The lowest BCUT2D eigenvalue weighted by Gasteiger charge is -2.00. The van der Waals surface area contributed by atoms with E-state index in [1.54, 1.807) is 34.0 Å². The normalized spacial score (nSPS) is 11.1. The summed E-state index contributed by atoms with van der Waals surface area (Å²) in [6, 6.07) is 33.8. The highest BCUT2D eigenvalue weighted by Crippen LogP contribution is 2.34. The first kappa shape index (κ1) is 21.2. The predicted octanol–water partition coefficient (Wildman–Crippen LogP) is 9.45. The van der Waals surface area contributed by atoms with Gasteiger partial charge < -0.3 is 0 Å². The van der Waals surface area contributed by atoms with Gasteiger partial charge in [0.15, 0.2) is 0 Å². The van der Waals surface area contributed by atoms with Crippen LogP contribution in [0.15, 0.2) is 102 Å². The fourth-order valence-corrected chi connectivity index (χ4v) is 6.71. The lowest BCUT2D eigenvalue weighted by atomic mass is 10.1. The third-order valence-electron chi connectivity index (χ3n) is 5.64. The lowest BCUT2D eigenvalue weighted by Crippen LogP contribution is -1.77. The summed E-state index contributed by atoms with van der Waals surface area (Å²) in [5, 5.41) is 6.85. The predicted molar refractivity (Wildman–Crippen MR) is 150 cm³/mol. The first-order valence-corrected chi connectivity index (χ1v) is 13.5. The Hall–Kier alpha value is -3.38. The Bertz CT molecular complexity index is 1690. The monoisotopic (exact) mass is 492 g/mol. The molecule has 0 radical (unpaired) electrons. The average molecular weight is 493 g/mol. The maximum atomic E-state index is 4.71. The summed E-state index contributed by atoms with van der Waals surface area (Å²) in [4.78, 5) is 10.7. The van der Waals surface area contributed by atoms with Crippen molar-refractivity contribution in [3.05, 3.63) is 108 Å². The topological polar surface area (TPSA) is 25.8 Å². The molecular formula is C29H20N2S3. The molecule has 0 bridgehead atoms. The maximum Gasteiger partial charge on any atom is 0.134 e. The summed E-state index contributed by atoms with van der Waals surface area (Å²) in [6.45, 7) is 2.11. The Kier molecular flexibility index (Phi) is 5.67. The number of nitrogens with zero attached hydrogens (tertiary/aromatic N) is 2. The van der Waals surface area contributed by atoms with Crippen LogP contribution in [0.25, 0.3) is 51.7 Å². The van der Waals surface area contributed by atoms with Gasteiger partial charge in [0.25, 0.3) is 0 Å². The van der Waals surface area contributed by atoms with E-state index in [9.17, 15) is 0 Å². The van der Waals surface area contributed by atoms with Gasteiger partial charge in [0.05, 0.1) is 25.3 Å². The first-order chi connectivity index (χ1) is 16.7. The summed E-state index contributed by atoms with van der Waals surface area (Å²) in [6.07, 6.45) is 0. The second-order valence-corrected chi connectivity index (χ2v) is 11.0. The molecule has 0 unspecified atom stereocenters. The molecule has 0 saturated carbocycles. The van der Waals surface area contributed by atoms with Crippen molar-refractivity contribution < 1.29 is 0 Å². The molecule has 3 aromatic heterocycles. The van der Waals surface area contributed by atoms with Crippen LogP contribution in [0.3, 0.4) is 0 Å². The van der Waals surface area contributed by atoms with Gasteiger partial charge in [-0.2, -0.15) is 0 Å². The molecule has 5 heteroatoms. The minimum Gasteiger partial charge on any atom is -0.236 e. The van der Waals surface area contributed by atoms with Gasteiger partial charge in [-0.15, -0.1) is 34.0 Å². The van der Waals surface area contributed by atoms with Crippen LogP contribution in [0.2, 0.25) is 0 Å². The van der Waals surface area contributed by atoms with Gasteiger partial charge in [-0.1, -0.05) is 66.7 Å². The number of rotatable bonds is 2. The number of thiophene rings is 1. The lowest BCUT2D eigenvalue weighted by molar-refractivity contribution is 1.43. The minimum absolute atomic E-state index is 1.08. The largest absolute Gasteiger partial charge is 0.236 e. The molecule has 4 aromatic carbocycles. The Labute approximate surface area is 209 Å². The molecule has 7 rings (SSSR count). The zero-order valence-corrected chi connectivity index (χ0v) is 20.9. The number of benzene rings is 4. The Morgan fingerprint density at radius 1 is 0.618 bits per heavy atom. The van der Waals surface area contributed by atoms with E-state index in [1.165, 1.54) is 36.2 Å². The van der Waals surface area contributed by atoms with Crippen molar-refractivity contribution in [2.45, 2.75) is 6.92 Å². The van der Waals surface area contributed by atoms with Crippen molar-refractivity contribution in [2.75, 3.05) is 0 Å². The van der Waals surface area contributed by atoms with E-state index in [2.05, 4.69) is 108 Å². The average Bonchev–Trinajstić information content (AvgIpc) is 3.63. The zero-order valence-electron chi connectivity index (χ0n) is 18.4. The molecule has 2 nitrogen and oxygen atoms in total. The van der Waals surface area contributed by atoms with Gasteiger partial charge in [0.2, 0.25) is 0 Å². The Balaban J connectivity index is 0.000000132. The number of hydrogen-bond acceptors (Lipinski definition) is 5. The van der Waals surface area contributed by atoms with Crippen molar-refractivity contribution >= 4 is 65.2 Å². The van der Waals surface area contributed by atoms with Gasteiger partial charge in [-0.25, -0.2) is 9.97 Å². The van der Waals surface area contributed by atoms with E-state index in [1.807, 2.05) is 6.07 Å². The molecule has 0 aliphatic heterocycles. The van der Waals surface area contributed by atoms with Crippen LogP contribution in [0.5, 0.6) is 0 Å². The summed E-state index contributed by atoms with van der Waals surface area (Å²) in [5.74, 6) is 0. The molecule has 0 amide bonds. The molecular weight excluding hydrogens is 473 g/mol. The summed E-state index contributed by atoms with van der Waals surface area (Å²) < 4.78 is 2.52. The quantitative estimate of drug-likeness (QED) is 0.240. The van der Waals surface area contributed by atoms with Crippen molar-refractivity contribution in [3.63, 3.8) is 0 Å². The molecule has 34 heavy (non-hydrogen) atoms.